The van der Waals surface area contributed by atoms with Crippen LogP contribution in [0.15, 0.2) is 12.2 Å². The number of ether oxygens (including phenoxy) is 1. The van der Waals surface area contributed by atoms with E-state index in [9.17, 15) is 4.79 Å². The van der Waals surface area contributed by atoms with Crippen LogP contribution in [0.25, 0.3) is 0 Å². The Hall–Kier alpha value is -1.34. The van der Waals surface area contributed by atoms with Crippen molar-refractivity contribution in [3.8, 4) is 6.07 Å². The fourth-order valence-electron chi connectivity index (χ4n) is 2.16. The van der Waals surface area contributed by atoms with Gasteiger partial charge in [0.2, 0.25) is 5.60 Å². The van der Waals surface area contributed by atoms with E-state index in [0.717, 1.165) is 6.54 Å². The summed E-state index contributed by atoms with van der Waals surface area (Å²) in [5.74, 6) is -0.0895. The van der Waals surface area contributed by atoms with E-state index in [1.165, 1.54) is 6.92 Å². The van der Waals surface area contributed by atoms with E-state index in [0.29, 0.717) is 12.3 Å². The highest BCUT2D eigenvalue weighted by atomic mass is 16.6. The summed E-state index contributed by atoms with van der Waals surface area (Å²) in [5.41, 5.74) is -0.983. The van der Waals surface area contributed by atoms with Crippen LogP contribution in [0.3, 0.4) is 0 Å². The first-order valence-corrected chi connectivity index (χ1v) is 4.69. The molecule has 1 aliphatic carbocycles. The Morgan fingerprint density at radius 3 is 2.86 bits per heavy atom. The molecule has 3 atom stereocenters. The first kappa shape index (κ1) is 9.22. The van der Waals surface area contributed by atoms with Crippen LogP contribution in [-0.4, -0.2) is 24.2 Å². The van der Waals surface area contributed by atoms with Gasteiger partial charge in [-0.15, -0.1) is 0 Å². The van der Waals surface area contributed by atoms with E-state index in [2.05, 4.69) is 17.5 Å². The Morgan fingerprint density at radius 1 is 1.71 bits per heavy atom. The molecule has 4 nitrogen and oxygen atoms in total. The first-order valence-electron chi connectivity index (χ1n) is 4.69. The number of nitriles is 1. The van der Waals surface area contributed by atoms with Crippen molar-refractivity contribution in [1.82, 2.24) is 5.32 Å². The molecule has 2 heterocycles. The molecule has 74 valence electrons. The van der Waals surface area contributed by atoms with Gasteiger partial charge in [-0.3, -0.25) is 4.79 Å². The molecule has 0 aromatic carbocycles. The van der Waals surface area contributed by atoms with Gasteiger partial charge in [-0.05, 0) is 5.92 Å². The lowest BCUT2D eigenvalue weighted by molar-refractivity contribution is -0.156. The van der Waals surface area contributed by atoms with Crippen LogP contribution in [0.1, 0.15) is 13.3 Å². The summed E-state index contributed by atoms with van der Waals surface area (Å²) < 4.78 is 5.15. The molecular formula is C10H12N2O2. The lowest BCUT2D eigenvalue weighted by Gasteiger charge is -2.43. The average Bonchev–Trinajstić information content (AvgIpc) is 2.18. The van der Waals surface area contributed by atoms with Crippen LogP contribution in [-0.2, 0) is 9.53 Å². The van der Waals surface area contributed by atoms with Crippen LogP contribution in [0.5, 0.6) is 0 Å². The van der Waals surface area contributed by atoms with Crippen molar-refractivity contribution in [2.24, 2.45) is 5.92 Å². The number of nitrogens with zero attached hydrogens (tertiary/aromatic N) is 1. The van der Waals surface area contributed by atoms with Gasteiger partial charge in [0.1, 0.15) is 6.07 Å². The second kappa shape index (κ2) is 3.10. The number of hydrogen-bond acceptors (Lipinski definition) is 4. The highest BCUT2D eigenvalue weighted by Gasteiger charge is 2.48. The number of nitrogens with one attached hydrogen (secondary N) is 1. The number of carbonyl (C=O) groups is 1. The maximum Gasteiger partial charge on any atom is 0.304 e. The monoisotopic (exact) mass is 192 g/mol. The minimum atomic E-state index is -0.983. The molecule has 1 N–H and O–H groups in total. The predicted octanol–water partition coefficient (Wildman–Crippen LogP) is 0.360. The fourth-order valence-corrected chi connectivity index (χ4v) is 2.16. The third kappa shape index (κ3) is 1.30. The van der Waals surface area contributed by atoms with Crippen molar-refractivity contribution in [2.45, 2.75) is 25.0 Å². The van der Waals surface area contributed by atoms with Crippen LogP contribution in [0, 0.1) is 17.2 Å². The molecule has 1 fully saturated rings. The number of hydrogen-bond donors (Lipinski definition) is 1. The van der Waals surface area contributed by atoms with Gasteiger partial charge in [-0.1, -0.05) is 12.2 Å². The van der Waals surface area contributed by atoms with Gasteiger partial charge in [0.05, 0.1) is 6.04 Å². The van der Waals surface area contributed by atoms with Gasteiger partial charge in [-0.2, -0.15) is 5.26 Å². The standard InChI is InChI=1S/C10H12N2O2/c1-7(13)14-10(6-11)4-8-2-3-9(10)12-5-8/h2-3,8-9,12H,4-5H2,1H3. The van der Waals surface area contributed by atoms with Gasteiger partial charge in [0.15, 0.2) is 0 Å². The fraction of sp³-hybridized carbons (Fsp3) is 0.600. The van der Waals surface area contributed by atoms with E-state index in [4.69, 9.17) is 10.00 Å². The van der Waals surface area contributed by atoms with Gasteiger partial charge >= 0.3 is 5.97 Å². The predicted molar refractivity (Wildman–Crippen MR) is 49.1 cm³/mol. The largest absolute Gasteiger partial charge is 0.442 e. The summed E-state index contributed by atoms with van der Waals surface area (Å²) in [5, 5.41) is 12.3. The van der Waals surface area contributed by atoms with Crippen LogP contribution >= 0.6 is 0 Å². The lowest BCUT2D eigenvalue weighted by atomic mass is 9.76. The molecule has 14 heavy (non-hydrogen) atoms. The number of rotatable bonds is 1. The third-order valence-corrected chi connectivity index (χ3v) is 2.76. The molecule has 0 radical (unpaired) electrons. The summed E-state index contributed by atoms with van der Waals surface area (Å²) >= 11 is 0. The lowest BCUT2D eigenvalue weighted by Crippen LogP contribution is -2.60. The second-order valence-corrected chi connectivity index (χ2v) is 3.83. The van der Waals surface area contributed by atoms with Gasteiger partial charge < -0.3 is 10.1 Å². The zero-order valence-corrected chi connectivity index (χ0v) is 7.99. The maximum absolute atomic E-state index is 10.9. The number of esters is 1. The number of fused-ring (bicyclic) bond motifs is 2. The first-order chi connectivity index (χ1) is 6.66. The molecule has 0 amide bonds. The molecule has 3 aliphatic rings. The summed E-state index contributed by atoms with van der Waals surface area (Å²) in [6, 6.07) is 1.97. The summed E-state index contributed by atoms with van der Waals surface area (Å²) in [6.07, 6.45) is 4.61. The summed E-state index contributed by atoms with van der Waals surface area (Å²) in [7, 11) is 0. The smallest absolute Gasteiger partial charge is 0.304 e. The quantitative estimate of drug-likeness (QED) is 0.481. The topological polar surface area (TPSA) is 62.1 Å². The van der Waals surface area contributed by atoms with Crippen molar-refractivity contribution in [1.29, 1.82) is 5.26 Å². The highest BCUT2D eigenvalue weighted by Crippen LogP contribution is 2.34. The van der Waals surface area contributed by atoms with Crippen molar-refractivity contribution in [3.05, 3.63) is 12.2 Å². The molecule has 3 unspecified atom stereocenters. The van der Waals surface area contributed by atoms with Crippen LogP contribution in [0.4, 0.5) is 0 Å². The van der Waals surface area contributed by atoms with Crippen molar-refractivity contribution >= 4 is 5.97 Å². The van der Waals surface area contributed by atoms with E-state index < -0.39 is 11.6 Å². The van der Waals surface area contributed by atoms with Crippen molar-refractivity contribution in [2.75, 3.05) is 6.54 Å². The molecule has 0 aromatic heterocycles. The van der Waals surface area contributed by atoms with Crippen LogP contribution in [0.2, 0.25) is 0 Å². The molecule has 2 bridgehead atoms. The molecular weight excluding hydrogens is 180 g/mol. The SMILES string of the molecule is CC(=O)OC1(C#N)CC2C=CC1NC2. The molecule has 1 saturated heterocycles. The van der Waals surface area contributed by atoms with E-state index in [-0.39, 0.29) is 6.04 Å². The average molecular weight is 192 g/mol. The van der Waals surface area contributed by atoms with Gasteiger partial charge in [0, 0.05) is 19.9 Å². The van der Waals surface area contributed by atoms with E-state index >= 15 is 0 Å². The number of carbonyl (C=O) groups excluding carboxylic acids is 1. The van der Waals surface area contributed by atoms with Crippen molar-refractivity contribution < 1.29 is 9.53 Å². The van der Waals surface area contributed by atoms with Crippen molar-refractivity contribution in [3.63, 3.8) is 0 Å². The van der Waals surface area contributed by atoms with E-state index in [1.54, 1.807) is 0 Å². The zero-order valence-electron chi connectivity index (χ0n) is 7.99. The maximum atomic E-state index is 10.9. The van der Waals surface area contributed by atoms with Gasteiger partial charge in [-0.25, -0.2) is 0 Å². The Bertz CT molecular complexity index is 332. The normalized spacial score (nSPS) is 39.1. The summed E-state index contributed by atoms with van der Waals surface area (Å²) in [4.78, 5) is 10.9. The Balaban J connectivity index is 2.26. The zero-order chi connectivity index (χ0) is 10.2. The molecule has 0 saturated carbocycles. The molecule has 4 heteroatoms. The second-order valence-electron chi connectivity index (χ2n) is 3.83. The van der Waals surface area contributed by atoms with Gasteiger partial charge in [0.25, 0.3) is 0 Å². The molecule has 0 aromatic rings. The Morgan fingerprint density at radius 2 is 2.50 bits per heavy atom. The summed E-state index contributed by atoms with van der Waals surface area (Å²) in [6.45, 7) is 2.21. The minimum absolute atomic E-state index is 0.151. The highest BCUT2D eigenvalue weighted by molar-refractivity contribution is 5.67. The Labute approximate surface area is 82.5 Å². The van der Waals surface area contributed by atoms with E-state index in [1.807, 2.05) is 6.08 Å². The number of piperidine rings is 1. The Kier molecular flexibility index (Phi) is 2.05. The minimum Gasteiger partial charge on any atom is -0.442 e. The molecule has 2 aliphatic heterocycles. The molecule has 3 rings (SSSR count). The van der Waals surface area contributed by atoms with Crippen LogP contribution < -0.4 is 5.32 Å². The third-order valence-electron chi connectivity index (χ3n) is 2.76. The molecule has 0 spiro atoms.